The van der Waals surface area contributed by atoms with Crippen molar-refractivity contribution in [1.82, 2.24) is 10.3 Å². The second-order valence-electron chi connectivity index (χ2n) is 7.41. The summed E-state index contributed by atoms with van der Waals surface area (Å²) in [6, 6.07) is 7.18. The number of aromatic nitrogens is 1. The van der Waals surface area contributed by atoms with Crippen LogP contribution in [0.15, 0.2) is 24.4 Å². The average Bonchev–Trinajstić information content (AvgIpc) is 2.65. The zero-order valence-electron chi connectivity index (χ0n) is 13.5. The summed E-state index contributed by atoms with van der Waals surface area (Å²) in [6.07, 6.45) is 8.60. The fraction of sp³-hybridized carbons (Fsp3) is 0.722. The molecule has 0 amide bonds. The van der Waals surface area contributed by atoms with Crippen LogP contribution in [0, 0.1) is 11.3 Å². The quantitative estimate of drug-likeness (QED) is 0.806. The maximum absolute atomic E-state index is 4.46. The maximum Gasteiger partial charge on any atom is 0.0570 e. The highest BCUT2D eigenvalue weighted by Gasteiger charge is 2.28. The van der Waals surface area contributed by atoms with Crippen LogP contribution < -0.4 is 5.32 Å². The van der Waals surface area contributed by atoms with E-state index in [0.717, 1.165) is 11.6 Å². The first-order chi connectivity index (χ1) is 9.47. The fourth-order valence-corrected chi connectivity index (χ4v) is 3.41. The van der Waals surface area contributed by atoms with Crippen molar-refractivity contribution in [3.63, 3.8) is 0 Å². The Bertz CT molecular complexity index is 394. The molecule has 20 heavy (non-hydrogen) atoms. The van der Waals surface area contributed by atoms with E-state index in [2.05, 4.69) is 50.1 Å². The Morgan fingerprint density at radius 3 is 2.60 bits per heavy atom. The van der Waals surface area contributed by atoms with Gasteiger partial charge in [-0.1, -0.05) is 33.3 Å². The minimum absolute atomic E-state index is 0.354. The van der Waals surface area contributed by atoms with Gasteiger partial charge in [0.2, 0.25) is 0 Å². The second-order valence-corrected chi connectivity index (χ2v) is 7.41. The Balaban J connectivity index is 1.88. The highest BCUT2D eigenvalue weighted by atomic mass is 15.0. The van der Waals surface area contributed by atoms with E-state index in [1.807, 2.05) is 12.3 Å². The van der Waals surface area contributed by atoms with E-state index in [4.69, 9.17) is 0 Å². The van der Waals surface area contributed by atoms with Crippen LogP contribution in [0.25, 0.3) is 0 Å². The van der Waals surface area contributed by atoms with Crippen LogP contribution in [0.5, 0.6) is 0 Å². The summed E-state index contributed by atoms with van der Waals surface area (Å²) >= 11 is 0. The van der Waals surface area contributed by atoms with Gasteiger partial charge in [-0.2, -0.15) is 0 Å². The molecule has 1 fully saturated rings. The van der Waals surface area contributed by atoms with Gasteiger partial charge in [0.1, 0.15) is 0 Å². The van der Waals surface area contributed by atoms with E-state index in [-0.39, 0.29) is 0 Å². The molecule has 0 aromatic carbocycles. The zero-order chi connectivity index (χ0) is 14.6. The van der Waals surface area contributed by atoms with Crippen LogP contribution in [0.4, 0.5) is 0 Å². The lowest BCUT2D eigenvalue weighted by Gasteiger charge is -2.30. The third kappa shape index (κ3) is 4.31. The molecule has 2 nitrogen and oxygen atoms in total. The molecule has 0 spiro atoms. The number of nitrogens with zero attached hydrogens (tertiary/aromatic N) is 1. The largest absolute Gasteiger partial charge is 0.306 e. The van der Waals surface area contributed by atoms with Crippen molar-refractivity contribution < 1.29 is 0 Å². The van der Waals surface area contributed by atoms with Gasteiger partial charge < -0.3 is 5.32 Å². The fourth-order valence-electron chi connectivity index (χ4n) is 3.41. The summed E-state index contributed by atoms with van der Waals surface area (Å²) in [5, 5.41) is 3.78. The highest BCUT2D eigenvalue weighted by Crippen LogP contribution is 2.37. The first-order valence-corrected chi connectivity index (χ1v) is 8.14. The molecule has 1 N–H and O–H groups in total. The molecule has 2 heteroatoms. The molecule has 0 radical (unpaired) electrons. The molecule has 1 aliphatic carbocycles. The Morgan fingerprint density at radius 1 is 1.15 bits per heavy atom. The highest BCUT2D eigenvalue weighted by molar-refractivity contribution is 5.07. The summed E-state index contributed by atoms with van der Waals surface area (Å²) < 4.78 is 0. The third-order valence-corrected chi connectivity index (χ3v) is 4.81. The van der Waals surface area contributed by atoms with Crippen LogP contribution in [-0.2, 0) is 0 Å². The normalized spacial score (nSPS) is 26.0. The number of hydrogen-bond acceptors (Lipinski definition) is 2. The molecule has 1 aromatic rings. The summed E-state index contributed by atoms with van der Waals surface area (Å²) in [5.74, 6) is 0.874. The van der Waals surface area contributed by atoms with E-state index >= 15 is 0 Å². The number of hydrogen-bond donors (Lipinski definition) is 1. The predicted molar refractivity (Wildman–Crippen MR) is 85.6 cm³/mol. The Labute approximate surface area is 124 Å². The van der Waals surface area contributed by atoms with Crippen molar-refractivity contribution in [2.45, 2.75) is 71.9 Å². The molecule has 1 aromatic heterocycles. The van der Waals surface area contributed by atoms with E-state index in [1.165, 1.54) is 32.1 Å². The molecule has 112 valence electrons. The topological polar surface area (TPSA) is 24.9 Å². The second kappa shape index (κ2) is 6.71. The van der Waals surface area contributed by atoms with Crippen LogP contribution in [0.1, 0.15) is 71.5 Å². The van der Waals surface area contributed by atoms with E-state index < -0.39 is 0 Å². The Hall–Kier alpha value is -0.890. The van der Waals surface area contributed by atoms with E-state index in [0.29, 0.717) is 17.5 Å². The zero-order valence-corrected chi connectivity index (χ0v) is 13.5. The monoisotopic (exact) mass is 274 g/mol. The predicted octanol–water partition coefficient (Wildman–Crippen LogP) is 4.73. The van der Waals surface area contributed by atoms with Crippen molar-refractivity contribution in [2.75, 3.05) is 0 Å². The lowest BCUT2D eigenvalue weighted by Crippen LogP contribution is -2.31. The molecular formula is C18H30N2. The SMILES string of the molecule is CC(NC1CCCC(C(C)(C)C)CC1)c1ccccn1. The van der Waals surface area contributed by atoms with Crippen LogP contribution in [0.3, 0.4) is 0 Å². The van der Waals surface area contributed by atoms with Gasteiger partial charge >= 0.3 is 0 Å². The van der Waals surface area contributed by atoms with Gasteiger partial charge in [-0.25, -0.2) is 0 Å². The first kappa shape index (κ1) is 15.5. The van der Waals surface area contributed by atoms with E-state index in [9.17, 15) is 0 Å². The minimum Gasteiger partial charge on any atom is -0.306 e. The van der Waals surface area contributed by atoms with Crippen molar-refractivity contribution in [3.05, 3.63) is 30.1 Å². The smallest absolute Gasteiger partial charge is 0.0570 e. The lowest BCUT2D eigenvalue weighted by molar-refractivity contribution is 0.213. The maximum atomic E-state index is 4.46. The lowest BCUT2D eigenvalue weighted by atomic mass is 9.76. The average molecular weight is 274 g/mol. The van der Waals surface area contributed by atoms with Crippen molar-refractivity contribution in [3.8, 4) is 0 Å². The van der Waals surface area contributed by atoms with Gasteiger partial charge in [0, 0.05) is 18.3 Å². The van der Waals surface area contributed by atoms with Crippen molar-refractivity contribution in [2.24, 2.45) is 11.3 Å². The summed E-state index contributed by atoms with van der Waals surface area (Å²) in [4.78, 5) is 4.46. The summed E-state index contributed by atoms with van der Waals surface area (Å²) in [6.45, 7) is 9.40. The minimum atomic E-state index is 0.354. The molecule has 1 saturated carbocycles. The van der Waals surface area contributed by atoms with Gasteiger partial charge in [-0.3, -0.25) is 4.98 Å². The standard InChI is InChI=1S/C18H30N2/c1-14(17-10-5-6-13-19-17)20-16-9-7-8-15(11-12-16)18(2,3)4/h5-6,10,13-16,20H,7-9,11-12H2,1-4H3. The molecule has 1 heterocycles. The van der Waals surface area contributed by atoms with Gasteiger partial charge in [0.05, 0.1) is 5.69 Å². The molecule has 0 bridgehead atoms. The number of pyridine rings is 1. The van der Waals surface area contributed by atoms with Crippen LogP contribution in [0.2, 0.25) is 0 Å². The molecule has 3 unspecified atom stereocenters. The van der Waals surface area contributed by atoms with E-state index in [1.54, 1.807) is 0 Å². The Kier molecular flexibility index (Phi) is 5.20. The van der Waals surface area contributed by atoms with Gasteiger partial charge in [-0.05, 0) is 56.1 Å². The van der Waals surface area contributed by atoms with Gasteiger partial charge in [0.25, 0.3) is 0 Å². The summed E-state index contributed by atoms with van der Waals surface area (Å²) in [7, 11) is 0. The molecule has 3 atom stereocenters. The first-order valence-electron chi connectivity index (χ1n) is 8.14. The third-order valence-electron chi connectivity index (χ3n) is 4.81. The molecule has 1 aliphatic rings. The van der Waals surface area contributed by atoms with Gasteiger partial charge in [-0.15, -0.1) is 0 Å². The summed E-state index contributed by atoms with van der Waals surface area (Å²) in [5.41, 5.74) is 1.62. The molecule has 0 aliphatic heterocycles. The van der Waals surface area contributed by atoms with Gasteiger partial charge in [0.15, 0.2) is 0 Å². The van der Waals surface area contributed by atoms with Crippen LogP contribution >= 0.6 is 0 Å². The molecule has 2 rings (SSSR count). The number of nitrogens with one attached hydrogen (secondary N) is 1. The molecule has 0 saturated heterocycles. The van der Waals surface area contributed by atoms with Crippen molar-refractivity contribution in [1.29, 1.82) is 0 Å². The Morgan fingerprint density at radius 2 is 1.95 bits per heavy atom. The number of rotatable bonds is 3. The molecular weight excluding hydrogens is 244 g/mol. The van der Waals surface area contributed by atoms with Crippen molar-refractivity contribution >= 4 is 0 Å². The van der Waals surface area contributed by atoms with Crippen LogP contribution in [-0.4, -0.2) is 11.0 Å².